The van der Waals surface area contributed by atoms with Gasteiger partial charge in [-0.1, -0.05) is 48.5 Å². The molecule has 4 heteroatoms. The molecule has 0 radical (unpaired) electrons. The zero-order valence-electron chi connectivity index (χ0n) is 19.5. The van der Waals surface area contributed by atoms with Crippen LogP contribution in [-0.4, -0.2) is 65.4 Å². The molecular formula is C27H37N3O. The summed E-state index contributed by atoms with van der Waals surface area (Å²) in [5, 5.41) is 0. The van der Waals surface area contributed by atoms with Crippen molar-refractivity contribution in [2.75, 3.05) is 32.7 Å². The highest BCUT2D eigenvalue weighted by atomic mass is 16.2. The Morgan fingerprint density at radius 2 is 1.71 bits per heavy atom. The zero-order chi connectivity index (χ0) is 22.4. The Morgan fingerprint density at radius 1 is 1.03 bits per heavy atom. The lowest BCUT2D eigenvalue weighted by atomic mass is 9.92. The summed E-state index contributed by atoms with van der Waals surface area (Å²) in [6, 6.07) is 19.9. The molecule has 2 aromatic rings. The van der Waals surface area contributed by atoms with E-state index in [9.17, 15) is 4.79 Å². The molecule has 2 aromatic carbocycles. The van der Waals surface area contributed by atoms with Crippen molar-refractivity contribution in [3.8, 4) is 0 Å². The van der Waals surface area contributed by atoms with Gasteiger partial charge in [-0.2, -0.15) is 0 Å². The van der Waals surface area contributed by atoms with Gasteiger partial charge in [-0.3, -0.25) is 14.6 Å². The average molecular weight is 420 g/mol. The third kappa shape index (κ3) is 5.25. The number of rotatable bonds is 8. The molecule has 0 aliphatic carbocycles. The summed E-state index contributed by atoms with van der Waals surface area (Å²) < 4.78 is 0. The Kier molecular flexibility index (Phi) is 8.05. The van der Waals surface area contributed by atoms with Crippen molar-refractivity contribution in [2.24, 2.45) is 0 Å². The Labute approximate surface area is 188 Å². The van der Waals surface area contributed by atoms with Gasteiger partial charge in [0.2, 0.25) is 0 Å². The summed E-state index contributed by atoms with van der Waals surface area (Å²) in [6.07, 6.45) is 2.00. The second-order valence-electron chi connectivity index (χ2n) is 8.55. The molecule has 1 aliphatic rings. The van der Waals surface area contributed by atoms with Crippen molar-refractivity contribution in [1.82, 2.24) is 14.7 Å². The molecule has 1 heterocycles. The van der Waals surface area contributed by atoms with Gasteiger partial charge in [-0.15, -0.1) is 6.58 Å². The lowest BCUT2D eigenvalue weighted by molar-refractivity contribution is 0.0306. The molecular weight excluding hydrogens is 382 g/mol. The van der Waals surface area contributed by atoms with Crippen LogP contribution in [0.5, 0.6) is 0 Å². The minimum absolute atomic E-state index is 0.107. The summed E-state index contributed by atoms with van der Waals surface area (Å²) in [5.41, 5.74) is 3.22. The first kappa shape index (κ1) is 23.2. The van der Waals surface area contributed by atoms with Crippen LogP contribution >= 0.6 is 0 Å². The van der Waals surface area contributed by atoms with Crippen LogP contribution in [0.4, 0.5) is 0 Å². The smallest absolute Gasteiger partial charge is 0.253 e. The molecule has 3 rings (SSSR count). The number of hydrogen-bond acceptors (Lipinski definition) is 3. The molecule has 3 atom stereocenters. The van der Waals surface area contributed by atoms with Crippen LogP contribution in [0.15, 0.2) is 67.3 Å². The maximum absolute atomic E-state index is 13.0. The quantitative estimate of drug-likeness (QED) is 0.573. The van der Waals surface area contributed by atoms with E-state index >= 15 is 0 Å². The van der Waals surface area contributed by atoms with E-state index in [0.717, 1.165) is 38.3 Å². The molecule has 4 nitrogen and oxygen atoms in total. The number of carbonyl (C=O) groups excluding carboxylic acids is 1. The molecule has 0 unspecified atom stereocenters. The minimum atomic E-state index is 0.107. The minimum Gasteiger partial charge on any atom is -0.339 e. The van der Waals surface area contributed by atoms with Gasteiger partial charge in [0, 0.05) is 50.4 Å². The van der Waals surface area contributed by atoms with Crippen LogP contribution in [0.3, 0.4) is 0 Å². The standard InChI is InChI=1S/C27H37N3O/c1-6-17-29-19-22(5)30(20-21(29)4)26(23-13-10-9-11-14-23)24-15-12-16-25(18-24)27(31)28(7-2)8-3/h6,9-16,18,21-22,26H,1,7-8,17,19-20H2,2-5H3/t21-,22+,26+/m1/s1. The molecule has 0 N–H and O–H groups in total. The second kappa shape index (κ2) is 10.7. The lowest BCUT2D eigenvalue weighted by Crippen LogP contribution is -2.57. The third-order valence-corrected chi connectivity index (χ3v) is 6.47. The number of amides is 1. The van der Waals surface area contributed by atoms with Crippen molar-refractivity contribution in [3.63, 3.8) is 0 Å². The molecule has 0 spiro atoms. The summed E-state index contributed by atoms with van der Waals surface area (Å²) in [6.45, 7) is 16.9. The Hall–Kier alpha value is -2.43. The first-order chi connectivity index (χ1) is 15.0. The van der Waals surface area contributed by atoms with Gasteiger partial charge in [0.25, 0.3) is 5.91 Å². The third-order valence-electron chi connectivity index (χ3n) is 6.47. The van der Waals surface area contributed by atoms with Crippen molar-refractivity contribution in [1.29, 1.82) is 0 Å². The SMILES string of the molecule is C=CCN1C[C@H](C)N([C@@H](c2ccccc2)c2cccc(C(=O)N(CC)CC)c2)C[C@H]1C. The van der Waals surface area contributed by atoms with Gasteiger partial charge < -0.3 is 4.90 Å². The van der Waals surface area contributed by atoms with Crippen molar-refractivity contribution in [3.05, 3.63) is 83.9 Å². The molecule has 1 aliphatic heterocycles. The van der Waals surface area contributed by atoms with Gasteiger partial charge in [0.05, 0.1) is 6.04 Å². The number of piperazine rings is 1. The zero-order valence-corrected chi connectivity index (χ0v) is 19.5. The van der Waals surface area contributed by atoms with Gasteiger partial charge in [-0.25, -0.2) is 0 Å². The number of carbonyl (C=O) groups is 1. The van der Waals surface area contributed by atoms with Crippen LogP contribution in [0.2, 0.25) is 0 Å². The molecule has 0 aromatic heterocycles. The van der Waals surface area contributed by atoms with E-state index < -0.39 is 0 Å². The Morgan fingerprint density at radius 3 is 2.35 bits per heavy atom. The highest BCUT2D eigenvalue weighted by Crippen LogP contribution is 2.33. The van der Waals surface area contributed by atoms with E-state index in [1.54, 1.807) is 0 Å². The highest BCUT2D eigenvalue weighted by Gasteiger charge is 2.34. The van der Waals surface area contributed by atoms with Crippen LogP contribution in [0.1, 0.15) is 55.2 Å². The van der Waals surface area contributed by atoms with E-state index in [1.165, 1.54) is 11.1 Å². The maximum atomic E-state index is 13.0. The highest BCUT2D eigenvalue weighted by molar-refractivity contribution is 5.94. The Bertz CT molecular complexity index is 862. The fourth-order valence-electron chi connectivity index (χ4n) is 4.75. The van der Waals surface area contributed by atoms with Crippen molar-refractivity contribution < 1.29 is 4.79 Å². The molecule has 31 heavy (non-hydrogen) atoms. The monoisotopic (exact) mass is 419 g/mol. The second-order valence-corrected chi connectivity index (χ2v) is 8.55. The van der Waals surface area contributed by atoms with Gasteiger partial charge in [-0.05, 0) is 51.0 Å². The van der Waals surface area contributed by atoms with Gasteiger partial charge in [0.15, 0.2) is 0 Å². The fraction of sp³-hybridized carbons (Fsp3) is 0.444. The van der Waals surface area contributed by atoms with Crippen LogP contribution in [0, 0.1) is 0 Å². The van der Waals surface area contributed by atoms with E-state index in [2.05, 4.69) is 72.7 Å². The fourth-order valence-corrected chi connectivity index (χ4v) is 4.75. The largest absolute Gasteiger partial charge is 0.339 e. The predicted molar refractivity (Wildman–Crippen MR) is 129 cm³/mol. The molecule has 166 valence electrons. The van der Waals surface area contributed by atoms with E-state index in [-0.39, 0.29) is 11.9 Å². The van der Waals surface area contributed by atoms with Crippen LogP contribution in [0.25, 0.3) is 0 Å². The predicted octanol–water partition coefficient (Wildman–Crippen LogP) is 4.84. The van der Waals surface area contributed by atoms with Crippen LogP contribution in [-0.2, 0) is 0 Å². The van der Waals surface area contributed by atoms with E-state index in [1.807, 2.05) is 37.0 Å². The summed E-state index contributed by atoms with van der Waals surface area (Å²) >= 11 is 0. The van der Waals surface area contributed by atoms with Gasteiger partial charge >= 0.3 is 0 Å². The molecule has 0 bridgehead atoms. The van der Waals surface area contributed by atoms with Crippen molar-refractivity contribution >= 4 is 5.91 Å². The lowest BCUT2D eigenvalue weighted by Gasteiger charge is -2.47. The summed E-state index contributed by atoms with van der Waals surface area (Å²) in [7, 11) is 0. The number of nitrogens with zero attached hydrogens (tertiary/aromatic N) is 3. The molecule has 1 fully saturated rings. The molecule has 1 saturated heterocycles. The van der Waals surface area contributed by atoms with E-state index in [4.69, 9.17) is 0 Å². The summed E-state index contributed by atoms with van der Waals surface area (Å²) in [5.74, 6) is 0.107. The maximum Gasteiger partial charge on any atom is 0.253 e. The number of hydrogen-bond donors (Lipinski definition) is 0. The Balaban J connectivity index is 1.99. The van der Waals surface area contributed by atoms with Gasteiger partial charge in [0.1, 0.15) is 0 Å². The topological polar surface area (TPSA) is 26.8 Å². The first-order valence-electron chi connectivity index (χ1n) is 11.5. The normalized spacial score (nSPS) is 20.9. The van der Waals surface area contributed by atoms with E-state index in [0.29, 0.717) is 12.1 Å². The summed E-state index contributed by atoms with van der Waals surface area (Å²) in [4.78, 5) is 20.0. The first-order valence-corrected chi connectivity index (χ1v) is 11.5. The number of benzene rings is 2. The van der Waals surface area contributed by atoms with Crippen molar-refractivity contribution in [2.45, 2.75) is 45.8 Å². The molecule has 1 amide bonds. The molecule has 0 saturated carbocycles. The van der Waals surface area contributed by atoms with Crippen LogP contribution < -0.4 is 0 Å². The average Bonchev–Trinajstić information content (AvgIpc) is 2.79.